The number of alkyl halides is 3. The second-order valence-electron chi connectivity index (χ2n) is 4.95. The molecule has 8 heteroatoms. The quantitative estimate of drug-likeness (QED) is 0.913. The van der Waals surface area contributed by atoms with Crippen molar-refractivity contribution < 1.29 is 18.0 Å². The molecule has 0 radical (unpaired) electrons. The number of nitrogen functional groups attached to an aromatic ring is 1. The number of carbonyl (C=O) groups is 1. The molecule has 2 aromatic rings. The van der Waals surface area contributed by atoms with E-state index < -0.39 is 23.7 Å². The maximum absolute atomic E-state index is 12.6. The third-order valence-corrected chi connectivity index (χ3v) is 3.46. The van der Waals surface area contributed by atoms with E-state index in [0.29, 0.717) is 11.3 Å². The van der Waals surface area contributed by atoms with Gasteiger partial charge in [0.25, 0.3) is 5.91 Å². The second-order valence-corrected chi connectivity index (χ2v) is 4.95. The van der Waals surface area contributed by atoms with Crippen LogP contribution < -0.4 is 11.5 Å². The van der Waals surface area contributed by atoms with E-state index in [0.717, 1.165) is 12.1 Å². The lowest BCUT2D eigenvalue weighted by Gasteiger charge is -2.15. The zero-order valence-corrected chi connectivity index (χ0v) is 12.0. The van der Waals surface area contributed by atoms with Crippen LogP contribution in [0.2, 0.25) is 0 Å². The smallest absolute Gasteiger partial charge is 0.383 e. The number of aromatic nitrogens is 2. The van der Waals surface area contributed by atoms with Gasteiger partial charge in [-0.1, -0.05) is 12.1 Å². The van der Waals surface area contributed by atoms with E-state index in [9.17, 15) is 18.0 Å². The van der Waals surface area contributed by atoms with Crippen LogP contribution >= 0.6 is 0 Å². The number of benzene rings is 1. The number of nitrogens with two attached hydrogens (primary N) is 2. The summed E-state index contributed by atoms with van der Waals surface area (Å²) in [5.41, 5.74) is 11.5. The van der Waals surface area contributed by atoms with Gasteiger partial charge in [-0.05, 0) is 31.5 Å². The summed E-state index contributed by atoms with van der Waals surface area (Å²) in [4.78, 5) is 11.3. The average Bonchev–Trinajstić information content (AvgIpc) is 2.72. The number of aryl methyl sites for hydroxylation is 1. The van der Waals surface area contributed by atoms with Crippen molar-refractivity contribution in [1.29, 1.82) is 0 Å². The summed E-state index contributed by atoms with van der Waals surface area (Å²) in [7, 11) is 0. The van der Waals surface area contributed by atoms with Crippen molar-refractivity contribution in [2.24, 2.45) is 5.73 Å². The van der Waals surface area contributed by atoms with Gasteiger partial charge in [0, 0.05) is 0 Å². The van der Waals surface area contributed by atoms with Crippen molar-refractivity contribution in [3.05, 3.63) is 46.6 Å². The number of nitrogens with zero attached hydrogens (tertiary/aromatic N) is 2. The zero-order valence-electron chi connectivity index (χ0n) is 12.0. The molecule has 22 heavy (non-hydrogen) atoms. The highest BCUT2D eigenvalue weighted by atomic mass is 19.4. The Morgan fingerprint density at radius 1 is 1.27 bits per heavy atom. The summed E-state index contributed by atoms with van der Waals surface area (Å²) >= 11 is 0. The number of carbonyl (C=O) groups excluding carboxylic acids is 1. The lowest BCUT2D eigenvalue weighted by atomic mass is 10.1. The van der Waals surface area contributed by atoms with Gasteiger partial charge >= 0.3 is 6.18 Å². The summed E-state index contributed by atoms with van der Waals surface area (Å²) in [5, 5.41) is 4.15. The number of hydrogen-bond acceptors (Lipinski definition) is 3. The van der Waals surface area contributed by atoms with Crippen molar-refractivity contribution in [1.82, 2.24) is 9.78 Å². The number of halogens is 3. The molecule has 4 N–H and O–H groups in total. The monoisotopic (exact) mass is 312 g/mol. The van der Waals surface area contributed by atoms with Crippen molar-refractivity contribution in [3.8, 4) is 0 Å². The van der Waals surface area contributed by atoms with Crippen LogP contribution in [0.15, 0.2) is 24.3 Å². The number of rotatable bonds is 3. The second kappa shape index (κ2) is 5.36. The molecule has 1 aromatic carbocycles. The van der Waals surface area contributed by atoms with Gasteiger partial charge in [-0.2, -0.15) is 18.3 Å². The maximum Gasteiger partial charge on any atom is 0.416 e. The first-order chi connectivity index (χ1) is 10.1. The van der Waals surface area contributed by atoms with Crippen LogP contribution in [0.4, 0.5) is 19.0 Å². The molecule has 0 saturated carbocycles. The summed E-state index contributed by atoms with van der Waals surface area (Å²) in [5.74, 6) is -0.599. The first kappa shape index (κ1) is 15.9. The molecule has 0 aliphatic heterocycles. The predicted molar refractivity (Wildman–Crippen MR) is 75.2 cm³/mol. The van der Waals surface area contributed by atoms with Crippen LogP contribution in [0, 0.1) is 6.92 Å². The predicted octanol–water partition coefficient (Wildman–Crippen LogP) is 2.50. The van der Waals surface area contributed by atoms with Crippen LogP contribution in [-0.2, 0) is 6.18 Å². The van der Waals surface area contributed by atoms with Crippen molar-refractivity contribution >= 4 is 11.7 Å². The van der Waals surface area contributed by atoms with Gasteiger partial charge in [0.1, 0.15) is 11.4 Å². The minimum absolute atomic E-state index is 0.0948. The molecule has 5 nitrogen and oxygen atoms in total. The number of amides is 1. The summed E-state index contributed by atoms with van der Waals surface area (Å²) in [6, 6.07) is 4.26. The molecule has 1 atom stereocenters. The van der Waals surface area contributed by atoms with E-state index >= 15 is 0 Å². The van der Waals surface area contributed by atoms with Gasteiger partial charge in [-0.15, -0.1) is 0 Å². The third-order valence-electron chi connectivity index (χ3n) is 3.46. The Hall–Kier alpha value is -2.51. The molecule has 0 bridgehead atoms. The Morgan fingerprint density at radius 3 is 2.23 bits per heavy atom. The minimum Gasteiger partial charge on any atom is -0.383 e. The fourth-order valence-electron chi connectivity index (χ4n) is 2.26. The first-order valence-corrected chi connectivity index (χ1v) is 6.44. The molecule has 1 amide bonds. The van der Waals surface area contributed by atoms with Gasteiger partial charge < -0.3 is 11.5 Å². The van der Waals surface area contributed by atoms with Crippen molar-refractivity contribution in [2.45, 2.75) is 26.1 Å². The molecular weight excluding hydrogens is 297 g/mol. The largest absolute Gasteiger partial charge is 0.416 e. The molecule has 0 spiro atoms. The van der Waals surface area contributed by atoms with E-state index in [2.05, 4.69) is 5.10 Å². The molecular formula is C14H15F3N4O. The lowest BCUT2D eigenvalue weighted by Crippen LogP contribution is -2.16. The lowest BCUT2D eigenvalue weighted by molar-refractivity contribution is -0.137. The molecule has 1 unspecified atom stereocenters. The van der Waals surface area contributed by atoms with Crippen LogP contribution in [0.3, 0.4) is 0 Å². The fourth-order valence-corrected chi connectivity index (χ4v) is 2.26. The van der Waals surface area contributed by atoms with Gasteiger partial charge in [-0.3, -0.25) is 4.79 Å². The number of primary amides is 1. The molecule has 2 rings (SSSR count). The fraction of sp³-hybridized carbons (Fsp3) is 0.286. The summed E-state index contributed by atoms with van der Waals surface area (Å²) in [6.45, 7) is 3.31. The number of anilines is 1. The molecule has 0 saturated heterocycles. The van der Waals surface area contributed by atoms with Gasteiger partial charge in [0.05, 0.1) is 17.3 Å². The minimum atomic E-state index is -4.39. The SMILES string of the molecule is Cc1nn(C(C)c2ccc(C(F)(F)F)cc2)c(N)c1C(N)=O. The topological polar surface area (TPSA) is 86.9 Å². The standard InChI is InChI=1S/C14H15F3N4O/c1-7-11(13(19)22)12(18)21(20-7)8(2)9-3-5-10(6-4-9)14(15,16)17/h3-6,8H,18H2,1-2H3,(H2,19,22). The zero-order chi connectivity index (χ0) is 16.7. The molecule has 1 heterocycles. The Kier molecular flexibility index (Phi) is 3.87. The van der Waals surface area contributed by atoms with Crippen LogP contribution in [0.1, 0.15) is 40.1 Å². The molecule has 0 aliphatic rings. The van der Waals surface area contributed by atoms with Crippen molar-refractivity contribution in [3.63, 3.8) is 0 Å². The van der Waals surface area contributed by atoms with Crippen molar-refractivity contribution in [2.75, 3.05) is 5.73 Å². The van der Waals surface area contributed by atoms with Gasteiger partial charge in [-0.25, -0.2) is 4.68 Å². The number of hydrogen-bond donors (Lipinski definition) is 2. The Morgan fingerprint density at radius 2 is 1.82 bits per heavy atom. The summed E-state index contributed by atoms with van der Waals surface area (Å²) < 4.78 is 39.1. The summed E-state index contributed by atoms with van der Waals surface area (Å²) in [6.07, 6.45) is -4.39. The van der Waals surface area contributed by atoms with Crippen LogP contribution in [-0.4, -0.2) is 15.7 Å². The highest BCUT2D eigenvalue weighted by Crippen LogP contribution is 2.31. The average molecular weight is 312 g/mol. The normalized spacial score (nSPS) is 13.1. The van der Waals surface area contributed by atoms with E-state index in [1.807, 2.05) is 0 Å². The Labute approximate surface area is 124 Å². The van der Waals surface area contributed by atoms with Gasteiger partial charge in [0.2, 0.25) is 0 Å². The van der Waals surface area contributed by atoms with Gasteiger partial charge in [0.15, 0.2) is 0 Å². The maximum atomic E-state index is 12.6. The third kappa shape index (κ3) is 2.76. The van der Waals surface area contributed by atoms with Crippen LogP contribution in [0.5, 0.6) is 0 Å². The van der Waals surface area contributed by atoms with E-state index in [4.69, 9.17) is 11.5 Å². The highest BCUT2D eigenvalue weighted by molar-refractivity contribution is 5.98. The van der Waals surface area contributed by atoms with E-state index in [1.54, 1.807) is 13.8 Å². The Bertz CT molecular complexity index is 704. The molecule has 0 fully saturated rings. The molecule has 0 aliphatic carbocycles. The van der Waals surface area contributed by atoms with E-state index in [1.165, 1.54) is 16.8 Å². The van der Waals surface area contributed by atoms with E-state index in [-0.39, 0.29) is 11.4 Å². The molecule has 118 valence electrons. The molecule has 1 aromatic heterocycles. The first-order valence-electron chi connectivity index (χ1n) is 6.44. The van der Waals surface area contributed by atoms with Crippen LogP contribution in [0.25, 0.3) is 0 Å². The highest BCUT2D eigenvalue weighted by Gasteiger charge is 2.30. The Balaban J connectivity index is 2.39.